The highest BCUT2D eigenvalue weighted by Gasteiger charge is 2.35. The fourth-order valence-corrected chi connectivity index (χ4v) is 2.38. The van der Waals surface area contributed by atoms with Crippen LogP contribution in [0.2, 0.25) is 0 Å². The van der Waals surface area contributed by atoms with Gasteiger partial charge in [0, 0.05) is 6.61 Å². The fraction of sp³-hybridized carbons (Fsp3) is 0.385. The molecule has 120 valence electrons. The summed E-state index contributed by atoms with van der Waals surface area (Å²) in [7, 11) is 0. The molecule has 1 fully saturated rings. The molecule has 0 spiro atoms. The van der Waals surface area contributed by atoms with Crippen molar-refractivity contribution in [3.63, 3.8) is 0 Å². The summed E-state index contributed by atoms with van der Waals surface area (Å²) in [5.74, 6) is -1.27. The summed E-state index contributed by atoms with van der Waals surface area (Å²) >= 11 is 0. The molecule has 23 heavy (non-hydrogen) atoms. The van der Waals surface area contributed by atoms with Crippen molar-refractivity contribution in [1.29, 1.82) is 0 Å². The average molecular weight is 324 g/mol. The molecular weight excluding hydrogens is 313 g/mol. The second-order valence-electron chi connectivity index (χ2n) is 5.24. The van der Waals surface area contributed by atoms with Crippen LogP contribution >= 0.6 is 0 Å². The Morgan fingerprint density at radius 1 is 1.35 bits per heavy atom. The van der Waals surface area contributed by atoms with Crippen LogP contribution in [0.4, 0.5) is 13.2 Å². The predicted octanol–water partition coefficient (Wildman–Crippen LogP) is 2.02. The lowest BCUT2D eigenvalue weighted by Crippen LogP contribution is -2.30. The lowest BCUT2D eigenvalue weighted by molar-refractivity contribution is -0.144. The number of hydrogen-bond donors (Lipinski definition) is 1. The van der Waals surface area contributed by atoms with Crippen molar-refractivity contribution in [1.82, 2.24) is 29.7 Å². The number of pyridine rings is 1. The summed E-state index contributed by atoms with van der Waals surface area (Å²) < 4.78 is 44.9. The van der Waals surface area contributed by atoms with E-state index in [1.54, 1.807) is 18.6 Å². The Morgan fingerprint density at radius 2 is 2.17 bits per heavy atom. The van der Waals surface area contributed by atoms with Gasteiger partial charge in [-0.1, -0.05) is 0 Å². The maximum Gasteiger partial charge on any atom is 0.451 e. The van der Waals surface area contributed by atoms with Crippen LogP contribution in [0.15, 0.2) is 18.6 Å². The number of imidazole rings is 1. The maximum atomic E-state index is 12.6. The molecule has 1 unspecified atom stereocenters. The van der Waals surface area contributed by atoms with E-state index >= 15 is 0 Å². The third-order valence-corrected chi connectivity index (χ3v) is 3.68. The molecule has 4 heterocycles. The Hall–Kier alpha value is -2.49. The number of nitrogens with zero attached hydrogens (tertiary/aromatic N) is 5. The van der Waals surface area contributed by atoms with Gasteiger partial charge in [-0.05, 0) is 12.5 Å². The highest BCUT2D eigenvalue weighted by atomic mass is 19.4. The van der Waals surface area contributed by atoms with Crippen LogP contribution in [0.5, 0.6) is 0 Å². The van der Waals surface area contributed by atoms with Crippen molar-refractivity contribution in [3.8, 4) is 11.5 Å². The molecule has 1 N–H and O–H groups in total. The first-order valence-electron chi connectivity index (χ1n) is 6.93. The van der Waals surface area contributed by atoms with E-state index in [0.717, 1.165) is 18.5 Å². The normalized spacial score (nSPS) is 18.3. The second kappa shape index (κ2) is 5.01. The third kappa shape index (κ3) is 2.54. The minimum Gasteiger partial charge on any atom is -0.376 e. The van der Waals surface area contributed by atoms with Crippen LogP contribution < -0.4 is 0 Å². The number of ether oxygens (including phenoxy) is 1. The minimum absolute atomic E-state index is 0.115. The summed E-state index contributed by atoms with van der Waals surface area (Å²) in [4.78, 5) is 11.8. The quantitative estimate of drug-likeness (QED) is 0.797. The molecule has 7 nitrogen and oxygen atoms in total. The third-order valence-electron chi connectivity index (χ3n) is 3.68. The summed E-state index contributed by atoms with van der Waals surface area (Å²) in [6, 6.07) is 1.57. The van der Waals surface area contributed by atoms with Gasteiger partial charge < -0.3 is 9.30 Å². The van der Waals surface area contributed by atoms with Crippen LogP contribution in [0.1, 0.15) is 12.2 Å². The number of halogens is 3. The van der Waals surface area contributed by atoms with E-state index in [2.05, 4.69) is 20.1 Å². The first-order valence-corrected chi connectivity index (χ1v) is 6.93. The zero-order valence-electron chi connectivity index (χ0n) is 11.7. The molecule has 3 aromatic heterocycles. The monoisotopic (exact) mass is 324 g/mol. The summed E-state index contributed by atoms with van der Waals surface area (Å²) in [6.07, 6.45) is -0.173. The first-order chi connectivity index (χ1) is 11.0. The smallest absolute Gasteiger partial charge is 0.376 e. The van der Waals surface area contributed by atoms with E-state index in [1.807, 2.05) is 9.67 Å². The Balaban J connectivity index is 1.65. The Morgan fingerprint density at radius 3 is 2.83 bits per heavy atom. The number of nitrogens with one attached hydrogen (secondary N) is 1. The molecule has 0 aliphatic carbocycles. The summed E-state index contributed by atoms with van der Waals surface area (Å²) in [5.41, 5.74) is 1.64. The molecule has 0 bridgehead atoms. The maximum absolute atomic E-state index is 12.6. The summed E-state index contributed by atoms with van der Waals surface area (Å²) in [5, 5.41) is 5.43. The van der Waals surface area contributed by atoms with Crippen LogP contribution in [0.3, 0.4) is 0 Å². The second-order valence-corrected chi connectivity index (χ2v) is 5.24. The van der Waals surface area contributed by atoms with Gasteiger partial charge in [-0.3, -0.25) is 10.1 Å². The topological polar surface area (TPSA) is 81.5 Å². The average Bonchev–Trinajstić information content (AvgIpc) is 3.09. The van der Waals surface area contributed by atoms with E-state index in [0.29, 0.717) is 12.1 Å². The molecule has 1 atom stereocenters. The van der Waals surface area contributed by atoms with Crippen LogP contribution in [-0.4, -0.2) is 42.4 Å². The van der Waals surface area contributed by atoms with Gasteiger partial charge in [0.05, 0.1) is 36.2 Å². The lowest BCUT2D eigenvalue weighted by Gasteiger charge is -2.26. The number of rotatable bonds is 3. The first kappa shape index (κ1) is 14.1. The van der Waals surface area contributed by atoms with Crippen LogP contribution in [-0.2, 0) is 17.5 Å². The highest BCUT2D eigenvalue weighted by molar-refractivity contribution is 5.78. The zero-order chi connectivity index (χ0) is 16.0. The largest absolute Gasteiger partial charge is 0.451 e. The Bertz CT molecular complexity index is 851. The molecule has 1 aliphatic heterocycles. The summed E-state index contributed by atoms with van der Waals surface area (Å²) in [6.45, 7) is 1.45. The van der Waals surface area contributed by atoms with Crippen molar-refractivity contribution in [2.75, 3.05) is 6.61 Å². The van der Waals surface area contributed by atoms with E-state index in [9.17, 15) is 13.2 Å². The molecule has 0 aromatic carbocycles. The van der Waals surface area contributed by atoms with Crippen molar-refractivity contribution < 1.29 is 17.9 Å². The van der Waals surface area contributed by atoms with Gasteiger partial charge in [0.2, 0.25) is 5.82 Å². The molecule has 1 aliphatic rings. The minimum atomic E-state index is -4.57. The molecule has 0 amide bonds. The van der Waals surface area contributed by atoms with Gasteiger partial charge in [-0.15, -0.1) is 0 Å². The van der Waals surface area contributed by atoms with E-state index in [1.165, 1.54) is 0 Å². The molecule has 4 rings (SSSR count). The molecule has 10 heteroatoms. The van der Waals surface area contributed by atoms with Gasteiger partial charge >= 0.3 is 6.18 Å². The van der Waals surface area contributed by atoms with Gasteiger partial charge in [0.25, 0.3) is 0 Å². The van der Waals surface area contributed by atoms with Crippen molar-refractivity contribution >= 4 is 11.0 Å². The van der Waals surface area contributed by atoms with Crippen molar-refractivity contribution in [2.45, 2.75) is 25.2 Å². The van der Waals surface area contributed by atoms with E-state index < -0.39 is 12.0 Å². The molecule has 1 saturated heterocycles. The zero-order valence-corrected chi connectivity index (χ0v) is 11.7. The number of alkyl halides is 3. The predicted molar refractivity (Wildman–Crippen MR) is 72.3 cm³/mol. The van der Waals surface area contributed by atoms with E-state index in [-0.39, 0.29) is 17.6 Å². The van der Waals surface area contributed by atoms with Gasteiger partial charge in [0.1, 0.15) is 5.69 Å². The Kier molecular flexibility index (Phi) is 3.08. The number of fused-ring (bicyclic) bond motifs is 1. The Labute approximate surface area is 127 Å². The van der Waals surface area contributed by atoms with Crippen LogP contribution in [0.25, 0.3) is 22.6 Å². The lowest BCUT2D eigenvalue weighted by atomic mass is 10.2. The van der Waals surface area contributed by atoms with Crippen molar-refractivity contribution in [3.05, 3.63) is 24.4 Å². The standard InChI is InChI=1S/C13H11F3N6O/c14-13(15,16)12-19-11(20-21-12)9-3-8-10(4-17-9)22(6-18-8)5-7-1-2-23-7/h3-4,6-7H,1-2,5H2,(H,19,20,21). The number of H-pyrrole nitrogens is 1. The van der Waals surface area contributed by atoms with Gasteiger partial charge in [-0.2, -0.15) is 18.3 Å². The molecule has 0 saturated carbocycles. The molecule has 0 radical (unpaired) electrons. The number of aromatic amines is 1. The van der Waals surface area contributed by atoms with Crippen molar-refractivity contribution in [2.24, 2.45) is 0 Å². The SMILES string of the molecule is FC(F)(F)c1nc(-c2cc3ncn(CC4CCO4)c3cn2)n[nH]1. The fourth-order valence-electron chi connectivity index (χ4n) is 2.38. The van der Waals surface area contributed by atoms with Crippen LogP contribution in [0, 0.1) is 0 Å². The van der Waals surface area contributed by atoms with E-state index in [4.69, 9.17) is 4.74 Å². The number of aromatic nitrogens is 6. The van der Waals surface area contributed by atoms with Gasteiger partial charge in [0.15, 0.2) is 5.82 Å². The molecular formula is C13H11F3N6O. The number of hydrogen-bond acceptors (Lipinski definition) is 5. The van der Waals surface area contributed by atoms with Gasteiger partial charge in [-0.25, -0.2) is 9.97 Å². The highest BCUT2D eigenvalue weighted by Crippen LogP contribution is 2.27. The molecule has 3 aromatic rings.